The lowest BCUT2D eigenvalue weighted by Crippen LogP contribution is -1.75. The number of likely N-dealkylation sites (N-methyl/N-ethyl adjacent to an activating group) is 1. The highest BCUT2D eigenvalue weighted by Crippen LogP contribution is 2.16. The van der Waals surface area contributed by atoms with E-state index in [1.54, 1.807) is 0 Å². The van der Waals surface area contributed by atoms with Crippen LogP contribution < -0.4 is 0 Å². The third-order valence-corrected chi connectivity index (χ3v) is 1.12. The highest BCUT2D eigenvalue weighted by atomic mass is 15.2. The molecule has 6 heavy (non-hydrogen) atoms. The standard InChI is InChI=1S/C5H9N/c1-3-5-4-6(5)2/h3H,4H2,1-2H3/b5-3-. The van der Waals surface area contributed by atoms with Crippen LogP contribution in [0.2, 0.25) is 0 Å². The van der Waals surface area contributed by atoms with Crippen molar-refractivity contribution >= 4 is 0 Å². The van der Waals surface area contributed by atoms with E-state index in [0.717, 1.165) is 0 Å². The van der Waals surface area contributed by atoms with Crippen molar-refractivity contribution in [2.75, 3.05) is 13.6 Å². The van der Waals surface area contributed by atoms with Crippen LogP contribution in [-0.2, 0) is 0 Å². The van der Waals surface area contributed by atoms with Crippen molar-refractivity contribution in [1.29, 1.82) is 0 Å². The SMILES string of the molecule is C/C=C1/CN1C. The summed E-state index contributed by atoms with van der Waals surface area (Å²) in [5, 5.41) is 0. The lowest BCUT2D eigenvalue weighted by Gasteiger charge is -1.75. The van der Waals surface area contributed by atoms with Crippen molar-refractivity contribution in [3.63, 3.8) is 0 Å². The fourth-order valence-corrected chi connectivity index (χ4v) is 0.519. The second-order valence-electron chi connectivity index (χ2n) is 1.64. The number of hydrogen-bond acceptors (Lipinski definition) is 1. The van der Waals surface area contributed by atoms with E-state index in [-0.39, 0.29) is 0 Å². The summed E-state index contributed by atoms with van der Waals surface area (Å²) in [5.74, 6) is 0. The molecule has 0 N–H and O–H groups in total. The van der Waals surface area contributed by atoms with E-state index < -0.39 is 0 Å². The first-order valence-electron chi connectivity index (χ1n) is 2.21. The molecular weight excluding hydrogens is 74.1 g/mol. The molecule has 0 aliphatic carbocycles. The van der Waals surface area contributed by atoms with Crippen LogP contribution in [0.15, 0.2) is 11.8 Å². The molecular formula is C5H9N. The highest BCUT2D eigenvalue weighted by molar-refractivity contribution is 5.15. The Morgan fingerprint density at radius 2 is 2.33 bits per heavy atom. The Balaban J connectivity index is 2.44. The largest absolute Gasteiger partial charge is 0.371 e. The van der Waals surface area contributed by atoms with Crippen LogP contribution in [0.4, 0.5) is 0 Å². The van der Waals surface area contributed by atoms with Crippen molar-refractivity contribution in [3.05, 3.63) is 11.8 Å². The molecule has 1 aliphatic rings. The van der Waals surface area contributed by atoms with E-state index in [4.69, 9.17) is 0 Å². The number of nitrogens with zero attached hydrogens (tertiary/aromatic N) is 1. The van der Waals surface area contributed by atoms with Gasteiger partial charge in [-0.15, -0.1) is 0 Å². The van der Waals surface area contributed by atoms with Crippen LogP contribution in [0, 0.1) is 0 Å². The fraction of sp³-hybridized carbons (Fsp3) is 0.600. The Kier molecular flexibility index (Phi) is 0.621. The third-order valence-electron chi connectivity index (χ3n) is 1.12. The van der Waals surface area contributed by atoms with Crippen LogP contribution in [0.5, 0.6) is 0 Å². The van der Waals surface area contributed by atoms with Gasteiger partial charge >= 0.3 is 0 Å². The topological polar surface area (TPSA) is 3.01 Å². The second-order valence-corrected chi connectivity index (χ2v) is 1.64. The second kappa shape index (κ2) is 1.00. The zero-order chi connectivity index (χ0) is 4.57. The minimum absolute atomic E-state index is 1.19. The summed E-state index contributed by atoms with van der Waals surface area (Å²) in [5.41, 5.74) is 1.47. The summed E-state index contributed by atoms with van der Waals surface area (Å²) >= 11 is 0. The molecule has 1 fully saturated rings. The number of rotatable bonds is 0. The molecule has 0 spiro atoms. The van der Waals surface area contributed by atoms with Crippen LogP contribution in [0.25, 0.3) is 0 Å². The van der Waals surface area contributed by atoms with Gasteiger partial charge in [0.25, 0.3) is 0 Å². The zero-order valence-corrected chi connectivity index (χ0v) is 4.23. The van der Waals surface area contributed by atoms with Gasteiger partial charge in [0.2, 0.25) is 0 Å². The highest BCUT2D eigenvalue weighted by Gasteiger charge is 2.16. The molecule has 0 unspecified atom stereocenters. The molecule has 0 bridgehead atoms. The Hall–Kier alpha value is -0.460. The summed E-state index contributed by atoms with van der Waals surface area (Å²) in [4.78, 5) is 2.21. The van der Waals surface area contributed by atoms with Gasteiger partial charge in [-0.3, -0.25) is 0 Å². The van der Waals surface area contributed by atoms with E-state index in [1.165, 1.54) is 12.2 Å². The van der Waals surface area contributed by atoms with Crippen molar-refractivity contribution < 1.29 is 0 Å². The lowest BCUT2D eigenvalue weighted by atomic mass is 10.6. The Morgan fingerprint density at radius 3 is 2.33 bits per heavy atom. The number of allylic oxidation sites excluding steroid dienone is 1. The molecule has 1 aliphatic heterocycles. The smallest absolute Gasteiger partial charge is 0.0569 e. The average Bonchev–Trinajstić information content (AvgIpc) is 2.19. The molecule has 1 nitrogen and oxygen atoms in total. The average molecular weight is 83.1 g/mol. The van der Waals surface area contributed by atoms with Gasteiger partial charge in [-0.25, -0.2) is 0 Å². The molecule has 0 radical (unpaired) electrons. The molecule has 0 aromatic carbocycles. The van der Waals surface area contributed by atoms with Crippen LogP contribution in [0.1, 0.15) is 6.92 Å². The molecule has 0 aromatic rings. The van der Waals surface area contributed by atoms with Gasteiger partial charge in [0.05, 0.1) is 6.54 Å². The van der Waals surface area contributed by atoms with Gasteiger partial charge in [-0.2, -0.15) is 0 Å². The predicted molar refractivity (Wildman–Crippen MR) is 26.4 cm³/mol. The first-order chi connectivity index (χ1) is 2.84. The van der Waals surface area contributed by atoms with E-state index in [1.807, 2.05) is 0 Å². The molecule has 1 heterocycles. The molecule has 1 saturated heterocycles. The molecule has 34 valence electrons. The summed E-state index contributed by atoms with van der Waals surface area (Å²) in [6.07, 6.45) is 2.14. The molecule has 0 saturated carbocycles. The van der Waals surface area contributed by atoms with E-state index in [2.05, 4.69) is 24.9 Å². The van der Waals surface area contributed by atoms with Gasteiger partial charge in [-0.05, 0) is 6.92 Å². The van der Waals surface area contributed by atoms with Gasteiger partial charge in [0.1, 0.15) is 0 Å². The molecule has 0 atom stereocenters. The van der Waals surface area contributed by atoms with E-state index in [9.17, 15) is 0 Å². The van der Waals surface area contributed by atoms with Crippen LogP contribution >= 0.6 is 0 Å². The summed E-state index contributed by atoms with van der Waals surface area (Å²) in [6.45, 7) is 3.26. The summed E-state index contributed by atoms with van der Waals surface area (Å²) in [7, 11) is 2.09. The van der Waals surface area contributed by atoms with Crippen molar-refractivity contribution in [3.8, 4) is 0 Å². The molecule has 1 heteroatoms. The molecule has 0 amide bonds. The molecule has 1 rings (SSSR count). The van der Waals surface area contributed by atoms with Gasteiger partial charge in [0, 0.05) is 12.7 Å². The fourth-order valence-electron chi connectivity index (χ4n) is 0.519. The van der Waals surface area contributed by atoms with E-state index in [0.29, 0.717) is 0 Å². The van der Waals surface area contributed by atoms with Gasteiger partial charge in [0.15, 0.2) is 0 Å². The minimum atomic E-state index is 1.19. The van der Waals surface area contributed by atoms with Crippen molar-refractivity contribution in [2.24, 2.45) is 0 Å². The quantitative estimate of drug-likeness (QED) is 0.392. The van der Waals surface area contributed by atoms with Crippen LogP contribution in [0.3, 0.4) is 0 Å². The maximum absolute atomic E-state index is 2.21. The minimum Gasteiger partial charge on any atom is -0.371 e. The lowest BCUT2D eigenvalue weighted by molar-refractivity contribution is 0.728. The van der Waals surface area contributed by atoms with Gasteiger partial charge < -0.3 is 4.90 Å². The Morgan fingerprint density at radius 1 is 1.83 bits per heavy atom. The Bertz CT molecular complexity index is 83.9. The predicted octanol–water partition coefficient (Wildman–Crippen LogP) is 0.836. The first kappa shape index (κ1) is 3.72. The zero-order valence-electron chi connectivity index (χ0n) is 4.23. The van der Waals surface area contributed by atoms with Crippen molar-refractivity contribution in [1.82, 2.24) is 4.90 Å². The third kappa shape index (κ3) is 0.402. The van der Waals surface area contributed by atoms with Crippen LogP contribution in [-0.4, -0.2) is 18.5 Å². The summed E-state index contributed by atoms with van der Waals surface area (Å²) < 4.78 is 0. The van der Waals surface area contributed by atoms with Crippen molar-refractivity contribution in [2.45, 2.75) is 6.92 Å². The van der Waals surface area contributed by atoms with Gasteiger partial charge in [-0.1, -0.05) is 6.08 Å². The monoisotopic (exact) mass is 83.1 g/mol. The normalized spacial score (nSPS) is 25.7. The Labute approximate surface area is 38.3 Å². The molecule has 0 aromatic heterocycles. The first-order valence-corrected chi connectivity index (χ1v) is 2.21. The summed E-state index contributed by atoms with van der Waals surface area (Å²) in [6, 6.07) is 0. The maximum atomic E-state index is 2.21. The number of hydrogen-bond donors (Lipinski definition) is 0. The maximum Gasteiger partial charge on any atom is 0.0569 e. The van der Waals surface area contributed by atoms with E-state index >= 15 is 0 Å².